The molecule has 0 radical (unpaired) electrons. The van der Waals surface area contributed by atoms with Crippen molar-refractivity contribution in [3.63, 3.8) is 0 Å². The summed E-state index contributed by atoms with van der Waals surface area (Å²) in [5, 5.41) is 0.960. The van der Waals surface area contributed by atoms with Crippen molar-refractivity contribution in [2.75, 3.05) is 6.61 Å². The highest BCUT2D eigenvalue weighted by Gasteiger charge is 2.17. The maximum Gasteiger partial charge on any atom is 0.255 e. The van der Waals surface area contributed by atoms with Gasteiger partial charge in [-0.05, 0) is 53.6 Å². The van der Waals surface area contributed by atoms with Crippen molar-refractivity contribution in [2.24, 2.45) is 17.4 Å². The van der Waals surface area contributed by atoms with E-state index in [2.05, 4.69) is 26.0 Å². The van der Waals surface area contributed by atoms with Crippen molar-refractivity contribution in [1.29, 1.82) is 0 Å². The van der Waals surface area contributed by atoms with Crippen molar-refractivity contribution in [2.45, 2.75) is 33.2 Å². The van der Waals surface area contributed by atoms with E-state index in [0.29, 0.717) is 18.2 Å². The molecule has 0 spiro atoms. The van der Waals surface area contributed by atoms with Gasteiger partial charge in [-0.3, -0.25) is 9.78 Å². The Labute approximate surface area is 165 Å². The molecule has 0 aliphatic carbocycles. The SMILES string of the molecule is CC(C)CCc1nc2ccc(OCC(N)=O)cc2c(-c2ccccc2)c1CN. The van der Waals surface area contributed by atoms with Crippen molar-refractivity contribution < 1.29 is 9.53 Å². The van der Waals surface area contributed by atoms with Crippen molar-refractivity contribution in [1.82, 2.24) is 4.98 Å². The van der Waals surface area contributed by atoms with Gasteiger partial charge in [-0.1, -0.05) is 44.2 Å². The minimum Gasteiger partial charge on any atom is -0.484 e. The van der Waals surface area contributed by atoms with Gasteiger partial charge in [0, 0.05) is 17.6 Å². The smallest absolute Gasteiger partial charge is 0.255 e. The molecule has 0 bridgehead atoms. The van der Waals surface area contributed by atoms with Crippen LogP contribution in [0.5, 0.6) is 5.75 Å². The molecule has 146 valence electrons. The number of rotatable bonds is 8. The van der Waals surface area contributed by atoms with Crippen LogP contribution in [-0.4, -0.2) is 17.5 Å². The van der Waals surface area contributed by atoms with Gasteiger partial charge in [-0.2, -0.15) is 0 Å². The predicted molar refractivity (Wildman–Crippen MR) is 113 cm³/mol. The number of ether oxygens (including phenoxy) is 1. The van der Waals surface area contributed by atoms with Crippen LogP contribution in [0.2, 0.25) is 0 Å². The van der Waals surface area contributed by atoms with Crippen molar-refractivity contribution in [3.8, 4) is 16.9 Å². The molecule has 1 heterocycles. The maximum atomic E-state index is 11.1. The standard InChI is InChI=1S/C23H27N3O2/c1-15(2)8-10-21-19(13-24)23(16-6-4-3-5-7-16)18-12-17(28-14-22(25)27)9-11-20(18)26-21/h3-7,9,11-12,15H,8,10,13-14,24H2,1-2H3,(H2,25,27). The summed E-state index contributed by atoms with van der Waals surface area (Å²) in [7, 11) is 0. The summed E-state index contributed by atoms with van der Waals surface area (Å²) < 4.78 is 5.52. The van der Waals surface area contributed by atoms with Crippen LogP contribution in [0, 0.1) is 5.92 Å². The molecule has 0 aliphatic rings. The Hall–Kier alpha value is -2.92. The zero-order valence-electron chi connectivity index (χ0n) is 16.4. The van der Waals surface area contributed by atoms with E-state index in [9.17, 15) is 4.79 Å². The Kier molecular flexibility index (Phi) is 6.26. The average molecular weight is 377 g/mol. The first-order valence-corrected chi connectivity index (χ1v) is 9.61. The predicted octanol–water partition coefficient (Wildman–Crippen LogP) is 3.81. The topological polar surface area (TPSA) is 91.2 Å². The Morgan fingerprint density at radius 1 is 1.14 bits per heavy atom. The van der Waals surface area contributed by atoms with Crippen LogP contribution in [0.15, 0.2) is 48.5 Å². The van der Waals surface area contributed by atoms with E-state index >= 15 is 0 Å². The zero-order valence-corrected chi connectivity index (χ0v) is 16.4. The number of hydrogen-bond acceptors (Lipinski definition) is 4. The summed E-state index contributed by atoms with van der Waals surface area (Å²) in [5.74, 6) is 0.671. The molecule has 2 aromatic carbocycles. The fourth-order valence-corrected chi connectivity index (χ4v) is 3.36. The number of carbonyl (C=O) groups is 1. The number of aromatic nitrogens is 1. The first kappa shape index (κ1) is 19.8. The molecule has 5 heteroatoms. The third-order valence-electron chi connectivity index (χ3n) is 4.75. The van der Waals surface area contributed by atoms with E-state index in [0.717, 1.165) is 46.1 Å². The highest BCUT2D eigenvalue weighted by molar-refractivity contribution is 5.97. The number of benzene rings is 2. The van der Waals surface area contributed by atoms with E-state index < -0.39 is 5.91 Å². The van der Waals surface area contributed by atoms with Crippen molar-refractivity contribution >= 4 is 16.8 Å². The molecule has 0 saturated carbocycles. The molecule has 0 saturated heterocycles. The lowest BCUT2D eigenvalue weighted by atomic mass is 9.92. The van der Waals surface area contributed by atoms with Gasteiger partial charge in [-0.25, -0.2) is 0 Å². The quantitative estimate of drug-likeness (QED) is 0.624. The normalized spacial score (nSPS) is 11.1. The lowest BCUT2D eigenvalue weighted by Crippen LogP contribution is -2.20. The lowest BCUT2D eigenvalue weighted by Gasteiger charge is -2.18. The summed E-state index contributed by atoms with van der Waals surface area (Å²) >= 11 is 0. The number of hydrogen-bond donors (Lipinski definition) is 2. The Balaban J connectivity index is 2.20. The molecule has 0 fully saturated rings. The molecule has 3 aromatic rings. The Bertz CT molecular complexity index is 968. The van der Waals surface area contributed by atoms with Gasteiger partial charge in [0.1, 0.15) is 5.75 Å². The summed E-state index contributed by atoms with van der Waals surface area (Å²) in [6, 6.07) is 15.9. The third kappa shape index (κ3) is 4.49. The molecule has 4 N–H and O–H groups in total. The maximum absolute atomic E-state index is 11.1. The van der Waals surface area contributed by atoms with Gasteiger partial charge in [0.25, 0.3) is 5.91 Å². The summed E-state index contributed by atoms with van der Waals surface area (Å²) in [6.45, 7) is 4.68. The number of nitrogens with two attached hydrogens (primary N) is 2. The number of aryl methyl sites for hydroxylation is 1. The summed E-state index contributed by atoms with van der Waals surface area (Å²) in [5.41, 5.74) is 16.6. The van der Waals surface area contributed by atoms with Gasteiger partial charge in [-0.15, -0.1) is 0 Å². The molecule has 1 amide bonds. The van der Waals surface area contributed by atoms with Gasteiger partial charge in [0.05, 0.1) is 5.52 Å². The van der Waals surface area contributed by atoms with Crippen LogP contribution in [0.3, 0.4) is 0 Å². The Morgan fingerprint density at radius 3 is 2.54 bits per heavy atom. The monoisotopic (exact) mass is 377 g/mol. The van der Waals surface area contributed by atoms with Crippen LogP contribution in [0.1, 0.15) is 31.5 Å². The van der Waals surface area contributed by atoms with Crippen LogP contribution < -0.4 is 16.2 Å². The summed E-state index contributed by atoms with van der Waals surface area (Å²) in [4.78, 5) is 16.0. The number of nitrogens with zero attached hydrogens (tertiary/aromatic N) is 1. The average Bonchev–Trinajstić information content (AvgIpc) is 2.69. The van der Waals surface area contributed by atoms with Gasteiger partial charge in [0.2, 0.25) is 0 Å². The first-order valence-electron chi connectivity index (χ1n) is 9.61. The van der Waals surface area contributed by atoms with Crippen LogP contribution in [0.4, 0.5) is 0 Å². The van der Waals surface area contributed by atoms with Gasteiger partial charge in [0.15, 0.2) is 6.61 Å². The van der Waals surface area contributed by atoms with E-state index in [1.807, 2.05) is 36.4 Å². The number of amides is 1. The number of fused-ring (bicyclic) bond motifs is 1. The van der Waals surface area contributed by atoms with Crippen LogP contribution in [0.25, 0.3) is 22.0 Å². The van der Waals surface area contributed by atoms with Gasteiger partial charge < -0.3 is 16.2 Å². The molecule has 28 heavy (non-hydrogen) atoms. The van der Waals surface area contributed by atoms with E-state index in [-0.39, 0.29) is 6.61 Å². The highest BCUT2D eigenvalue weighted by Crippen LogP contribution is 2.35. The molecule has 0 atom stereocenters. The highest BCUT2D eigenvalue weighted by atomic mass is 16.5. The minimum absolute atomic E-state index is 0.157. The second kappa shape index (κ2) is 8.85. The van der Waals surface area contributed by atoms with Crippen LogP contribution in [-0.2, 0) is 17.8 Å². The first-order chi connectivity index (χ1) is 13.5. The van der Waals surface area contributed by atoms with Crippen LogP contribution >= 0.6 is 0 Å². The number of pyridine rings is 1. The molecule has 3 rings (SSSR count). The third-order valence-corrected chi connectivity index (χ3v) is 4.75. The largest absolute Gasteiger partial charge is 0.484 e. The molecule has 1 aromatic heterocycles. The van der Waals surface area contributed by atoms with E-state index in [1.54, 1.807) is 0 Å². The molecule has 0 aliphatic heterocycles. The van der Waals surface area contributed by atoms with Gasteiger partial charge >= 0.3 is 0 Å². The van der Waals surface area contributed by atoms with Crippen molar-refractivity contribution in [3.05, 3.63) is 59.8 Å². The fourth-order valence-electron chi connectivity index (χ4n) is 3.36. The molecule has 0 unspecified atom stereocenters. The molecule has 5 nitrogen and oxygen atoms in total. The lowest BCUT2D eigenvalue weighted by molar-refractivity contribution is -0.119. The van der Waals surface area contributed by atoms with E-state index in [4.69, 9.17) is 21.2 Å². The number of carbonyl (C=O) groups excluding carboxylic acids is 1. The Morgan fingerprint density at radius 2 is 1.89 bits per heavy atom. The number of primary amides is 1. The molecular formula is C23H27N3O2. The minimum atomic E-state index is -0.506. The second-order valence-corrected chi connectivity index (χ2v) is 7.35. The zero-order chi connectivity index (χ0) is 20.1. The molecular weight excluding hydrogens is 350 g/mol. The fraction of sp³-hybridized carbons (Fsp3) is 0.304. The van der Waals surface area contributed by atoms with E-state index in [1.165, 1.54) is 0 Å². The summed E-state index contributed by atoms with van der Waals surface area (Å²) in [6.07, 6.45) is 1.94. The second-order valence-electron chi connectivity index (χ2n) is 7.35.